The van der Waals surface area contributed by atoms with Gasteiger partial charge in [0.05, 0.1) is 0 Å². The van der Waals surface area contributed by atoms with Crippen LogP contribution < -0.4 is 0 Å². The number of carbonyl (C=O) groups is 2. The molecule has 4 nitrogen and oxygen atoms in total. The Morgan fingerprint density at radius 1 is 1.21 bits per heavy atom. The Hall–Kier alpha value is -1.84. The first-order valence-corrected chi connectivity index (χ1v) is 9.36. The number of hydrogen-bond donors (Lipinski definition) is 0. The summed E-state index contributed by atoms with van der Waals surface area (Å²) in [5.41, 5.74) is 1.81. The third kappa shape index (κ3) is 3.80. The van der Waals surface area contributed by atoms with Gasteiger partial charge in [-0.1, -0.05) is 31.4 Å². The largest absolute Gasteiger partial charge is 0.338 e. The monoisotopic (exact) mass is 328 g/mol. The van der Waals surface area contributed by atoms with E-state index in [1.165, 1.54) is 19.3 Å². The molecule has 0 bridgehead atoms. The molecule has 0 radical (unpaired) electrons. The van der Waals surface area contributed by atoms with Crippen LogP contribution in [0.1, 0.15) is 67.8 Å². The summed E-state index contributed by atoms with van der Waals surface area (Å²) in [6.07, 6.45) is 7.61. The predicted octanol–water partition coefficient (Wildman–Crippen LogP) is 3.60. The van der Waals surface area contributed by atoms with E-state index in [1.54, 1.807) is 0 Å². The fourth-order valence-corrected chi connectivity index (χ4v) is 4.02. The summed E-state index contributed by atoms with van der Waals surface area (Å²) >= 11 is 0. The van der Waals surface area contributed by atoms with Gasteiger partial charge < -0.3 is 9.80 Å². The van der Waals surface area contributed by atoms with Gasteiger partial charge in [-0.05, 0) is 43.9 Å². The first kappa shape index (κ1) is 17.0. The number of hydrogen-bond acceptors (Lipinski definition) is 2. The molecule has 0 N–H and O–H groups in total. The fraction of sp³-hybridized carbons (Fsp3) is 0.600. The number of benzene rings is 1. The molecule has 1 aliphatic carbocycles. The van der Waals surface area contributed by atoms with E-state index >= 15 is 0 Å². The van der Waals surface area contributed by atoms with Crippen LogP contribution in [0.4, 0.5) is 0 Å². The van der Waals surface area contributed by atoms with Gasteiger partial charge in [0, 0.05) is 37.7 Å². The molecule has 0 atom stereocenters. The first-order valence-electron chi connectivity index (χ1n) is 9.36. The van der Waals surface area contributed by atoms with Crippen LogP contribution in [-0.2, 0) is 11.3 Å². The summed E-state index contributed by atoms with van der Waals surface area (Å²) in [6, 6.07) is 8.22. The first-order chi connectivity index (χ1) is 11.7. The van der Waals surface area contributed by atoms with Crippen molar-refractivity contribution in [1.29, 1.82) is 0 Å². The molecule has 0 aromatic heterocycles. The quantitative estimate of drug-likeness (QED) is 0.828. The number of nitrogens with zero attached hydrogens (tertiary/aromatic N) is 2. The molecule has 2 aliphatic rings. The third-order valence-electron chi connectivity index (χ3n) is 5.34. The molecule has 2 amide bonds. The zero-order valence-electron chi connectivity index (χ0n) is 14.7. The molecule has 2 fully saturated rings. The van der Waals surface area contributed by atoms with Crippen LogP contribution in [0.25, 0.3) is 0 Å². The summed E-state index contributed by atoms with van der Waals surface area (Å²) in [5.74, 6) is 0.364. The normalized spacial score (nSPS) is 18.9. The van der Waals surface area contributed by atoms with Crippen LogP contribution in [0, 0.1) is 0 Å². The second-order valence-corrected chi connectivity index (χ2v) is 7.00. The molecule has 1 heterocycles. The number of rotatable bonds is 5. The van der Waals surface area contributed by atoms with Gasteiger partial charge >= 0.3 is 0 Å². The highest BCUT2D eigenvalue weighted by Gasteiger charge is 2.25. The SMILES string of the molecule is CCN(C(=O)c1cccc(CN2CCCC2=O)c1)C1CCCCC1. The van der Waals surface area contributed by atoms with Crippen molar-refractivity contribution in [2.24, 2.45) is 0 Å². The van der Waals surface area contributed by atoms with E-state index in [0.717, 1.165) is 43.5 Å². The molecule has 1 aliphatic heterocycles. The topological polar surface area (TPSA) is 40.6 Å². The fourth-order valence-electron chi connectivity index (χ4n) is 4.02. The lowest BCUT2D eigenvalue weighted by atomic mass is 9.93. The van der Waals surface area contributed by atoms with Gasteiger partial charge in [-0.25, -0.2) is 0 Å². The predicted molar refractivity (Wildman–Crippen MR) is 94.7 cm³/mol. The van der Waals surface area contributed by atoms with Gasteiger partial charge in [-0.2, -0.15) is 0 Å². The smallest absolute Gasteiger partial charge is 0.254 e. The molecule has 4 heteroatoms. The Morgan fingerprint density at radius 2 is 2.00 bits per heavy atom. The van der Waals surface area contributed by atoms with E-state index in [4.69, 9.17) is 0 Å². The van der Waals surface area contributed by atoms with Gasteiger partial charge in [0.15, 0.2) is 0 Å². The van der Waals surface area contributed by atoms with E-state index in [-0.39, 0.29) is 11.8 Å². The van der Waals surface area contributed by atoms with Crippen LogP contribution in [0.15, 0.2) is 24.3 Å². The molecule has 3 rings (SSSR count). The summed E-state index contributed by atoms with van der Waals surface area (Å²) in [6.45, 7) is 4.28. The van der Waals surface area contributed by atoms with Crippen molar-refractivity contribution >= 4 is 11.8 Å². The summed E-state index contributed by atoms with van der Waals surface area (Å²) < 4.78 is 0. The van der Waals surface area contributed by atoms with Crippen LogP contribution in [0.5, 0.6) is 0 Å². The average molecular weight is 328 g/mol. The number of likely N-dealkylation sites (tertiary alicyclic amines) is 1. The van der Waals surface area contributed by atoms with E-state index < -0.39 is 0 Å². The van der Waals surface area contributed by atoms with E-state index in [2.05, 4.69) is 6.92 Å². The summed E-state index contributed by atoms with van der Waals surface area (Å²) in [5, 5.41) is 0. The van der Waals surface area contributed by atoms with E-state index in [1.807, 2.05) is 34.1 Å². The number of amides is 2. The zero-order valence-corrected chi connectivity index (χ0v) is 14.7. The molecular weight excluding hydrogens is 300 g/mol. The lowest BCUT2D eigenvalue weighted by Gasteiger charge is -2.33. The van der Waals surface area contributed by atoms with Crippen LogP contribution in [0.3, 0.4) is 0 Å². The van der Waals surface area contributed by atoms with Crippen LogP contribution in [-0.4, -0.2) is 40.7 Å². The second kappa shape index (κ2) is 7.82. The number of carbonyl (C=O) groups excluding carboxylic acids is 2. The molecule has 1 aromatic carbocycles. The van der Waals surface area contributed by atoms with Crippen molar-refractivity contribution in [3.63, 3.8) is 0 Å². The zero-order chi connectivity index (χ0) is 16.9. The molecule has 24 heavy (non-hydrogen) atoms. The highest BCUT2D eigenvalue weighted by atomic mass is 16.2. The molecule has 1 aromatic rings. The van der Waals surface area contributed by atoms with E-state index in [9.17, 15) is 9.59 Å². The Morgan fingerprint density at radius 3 is 2.67 bits per heavy atom. The molecule has 0 unspecified atom stereocenters. The molecule has 1 saturated carbocycles. The molecule has 130 valence electrons. The van der Waals surface area contributed by atoms with Crippen LogP contribution >= 0.6 is 0 Å². The van der Waals surface area contributed by atoms with Crippen LogP contribution in [0.2, 0.25) is 0 Å². The standard InChI is InChI=1S/C20H28N2O2/c1-2-22(18-10-4-3-5-11-18)20(24)17-9-6-8-16(14-17)15-21-13-7-12-19(21)23/h6,8-9,14,18H,2-5,7,10-13,15H2,1H3. The van der Waals surface area contributed by atoms with Crippen molar-refractivity contribution in [2.45, 2.75) is 64.5 Å². The third-order valence-corrected chi connectivity index (χ3v) is 5.34. The van der Waals surface area contributed by atoms with Gasteiger partial charge in [0.2, 0.25) is 5.91 Å². The van der Waals surface area contributed by atoms with Gasteiger partial charge in [-0.3, -0.25) is 9.59 Å². The second-order valence-electron chi connectivity index (χ2n) is 7.00. The maximum absolute atomic E-state index is 13.0. The van der Waals surface area contributed by atoms with E-state index in [0.29, 0.717) is 19.0 Å². The minimum Gasteiger partial charge on any atom is -0.338 e. The van der Waals surface area contributed by atoms with Crippen molar-refractivity contribution in [3.05, 3.63) is 35.4 Å². The highest BCUT2D eigenvalue weighted by molar-refractivity contribution is 5.94. The maximum Gasteiger partial charge on any atom is 0.254 e. The molecule has 0 spiro atoms. The maximum atomic E-state index is 13.0. The minimum absolute atomic E-state index is 0.138. The lowest BCUT2D eigenvalue weighted by Crippen LogP contribution is -2.41. The molecule has 1 saturated heterocycles. The highest BCUT2D eigenvalue weighted by Crippen LogP contribution is 2.24. The summed E-state index contributed by atoms with van der Waals surface area (Å²) in [4.78, 5) is 28.7. The molecular formula is C20H28N2O2. The minimum atomic E-state index is 0.138. The Labute approximate surface area is 144 Å². The average Bonchev–Trinajstić information content (AvgIpc) is 3.01. The Bertz CT molecular complexity index is 593. The van der Waals surface area contributed by atoms with Crippen molar-refractivity contribution in [2.75, 3.05) is 13.1 Å². The Kier molecular flexibility index (Phi) is 5.54. The van der Waals surface area contributed by atoms with Crippen molar-refractivity contribution in [1.82, 2.24) is 9.80 Å². The lowest BCUT2D eigenvalue weighted by molar-refractivity contribution is -0.128. The van der Waals surface area contributed by atoms with Gasteiger partial charge in [0.25, 0.3) is 5.91 Å². The summed E-state index contributed by atoms with van der Waals surface area (Å²) in [7, 11) is 0. The van der Waals surface area contributed by atoms with Gasteiger partial charge in [-0.15, -0.1) is 0 Å². The Balaban J connectivity index is 1.71. The van der Waals surface area contributed by atoms with Crippen molar-refractivity contribution < 1.29 is 9.59 Å². The van der Waals surface area contributed by atoms with Crippen molar-refractivity contribution in [3.8, 4) is 0 Å². The van der Waals surface area contributed by atoms with Gasteiger partial charge in [0.1, 0.15) is 0 Å².